The molecule has 1 rings (SSSR count). The maximum Gasteiger partial charge on any atom is 0.249 e. The van der Waals surface area contributed by atoms with E-state index >= 15 is 0 Å². The Bertz CT molecular complexity index is 252. The van der Waals surface area contributed by atoms with Crippen molar-refractivity contribution in [1.82, 2.24) is 10.6 Å². The molecule has 1 saturated carbocycles. The summed E-state index contributed by atoms with van der Waals surface area (Å²) in [7, 11) is 1.97. The zero-order valence-electron chi connectivity index (χ0n) is 12.2. The molecular weight excluding hydrogens is 228 g/mol. The number of hydrogen-bond acceptors (Lipinski definition) is 3. The molecule has 0 aromatic heterocycles. The molecule has 0 bridgehead atoms. The van der Waals surface area contributed by atoms with Gasteiger partial charge in [0.2, 0.25) is 5.91 Å². The third-order valence-electron chi connectivity index (χ3n) is 3.56. The summed E-state index contributed by atoms with van der Waals surface area (Å²) in [4.78, 5) is 11.9. The Balaban J connectivity index is 2.17. The minimum atomic E-state index is -0.329. The van der Waals surface area contributed by atoms with Crippen molar-refractivity contribution in [1.29, 1.82) is 0 Å². The van der Waals surface area contributed by atoms with Gasteiger partial charge in [-0.1, -0.05) is 13.3 Å². The zero-order valence-corrected chi connectivity index (χ0v) is 12.2. The van der Waals surface area contributed by atoms with Crippen LogP contribution in [0.25, 0.3) is 0 Å². The molecule has 1 aliphatic rings. The molecule has 1 fully saturated rings. The predicted molar refractivity (Wildman–Crippen MR) is 73.5 cm³/mol. The van der Waals surface area contributed by atoms with Crippen molar-refractivity contribution < 1.29 is 9.53 Å². The van der Waals surface area contributed by atoms with Crippen LogP contribution in [0.5, 0.6) is 0 Å². The van der Waals surface area contributed by atoms with Crippen LogP contribution < -0.4 is 10.6 Å². The largest absolute Gasteiger partial charge is 0.365 e. The fourth-order valence-corrected chi connectivity index (χ4v) is 2.46. The molecule has 2 unspecified atom stereocenters. The topological polar surface area (TPSA) is 50.4 Å². The van der Waals surface area contributed by atoms with Crippen LogP contribution in [0.15, 0.2) is 0 Å². The molecule has 0 aromatic carbocycles. The van der Waals surface area contributed by atoms with Crippen LogP contribution in [0, 0.1) is 5.92 Å². The second-order valence-electron chi connectivity index (χ2n) is 5.49. The first-order valence-corrected chi connectivity index (χ1v) is 7.17. The summed E-state index contributed by atoms with van der Waals surface area (Å²) in [5.41, 5.74) is 0. The van der Waals surface area contributed by atoms with Crippen molar-refractivity contribution in [2.45, 2.75) is 64.7 Å². The van der Waals surface area contributed by atoms with Crippen LogP contribution in [0.3, 0.4) is 0 Å². The fraction of sp³-hybridized carbons (Fsp3) is 0.929. The van der Waals surface area contributed by atoms with Gasteiger partial charge in [0.25, 0.3) is 0 Å². The molecule has 1 amide bonds. The predicted octanol–water partition coefficient (Wildman–Crippen LogP) is 1.69. The molecule has 2 N–H and O–H groups in total. The quantitative estimate of drug-likeness (QED) is 0.695. The summed E-state index contributed by atoms with van der Waals surface area (Å²) in [6.07, 6.45) is 4.19. The van der Waals surface area contributed by atoms with Gasteiger partial charge in [0.1, 0.15) is 6.10 Å². The lowest BCUT2D eigenvalue weighted by atomic mass is 9.82. The fourth-order valence-electron chi connectivity index (χ4n) is 2.46. The van der Waals surface area contributed by atoms with Gasteiger partial charge in [-0.3, -0.25) is 4.79 Å². The second kappa shape index (κ2) is 7.74. The Hall–Kier alpha value is -0.610. The van der Waals surface area contributed by atoms with Crippen molar-refractivity contribution in [2.75, 3.05) is 13.6 Å². The monoisotopic (exact) mass is 256 g/mol. The van der Waals surface area contributed by atoms with Gasteiger partial charge in [0.15, 0.2) is 0 Å². The molecule has 4 heteroatoms. The van der Waals surface area contributed by atoms with Gasteiger partial charge in [0, 0.05) is 6.04 Å². The average molecular weight is 256 g/mol. The van der Waals surface area contributed by atoms with Gasteiger partial charge < -0.3 is 15.4 Å². The van der Waals surface area contributed by atoms with Crippen molar-refractivity contribution in [3.63, 3.8) is 0 Å². The first kappa shape index (κ1) is 15.4. The first-order chi connectivity index (χ1) is 8.56. The van der Waals surface area contributed by atoms with E-state index in [1.165, 1.54) is 0 Å². The van der Waals surface area contributed by atoms with Crippen molar-refractivity contribution in [3.8, 4) is 0 Å². The normalized spacial score (nSPS) is 26.2. The van der Waals surface area contributed by atoms with E-state index in [1.54, 1.807) is 0 Å². The van der Waals surface area contributed by atoms with E-state index in [9.17, 15) is 4.79 Å². The van der Waals surface area contributed by atoms with Gasteiger partial charge in [-0.2, -0.15) is 0 Å². The van der Waals surface area contributed by atoms with Gasteiger partial charge in [0.05, 0.1) is 6.10 Å². The van der Waals surface area contributed by atoms with Crippen LogP contribution in [-0.2, 0) is 9.53 Å². The Kier molecular flexibility index (Phi) is 6.65. The Morgan fingerprint density at radius 2 is 2.06 bits per heavy atom. The first-order valence-electron chi connectivity index (χ1n) is 7.17. The molecule has 18 heavy (non-hydrogen) atoms. The van der Waals surface area contributed by atoms with Crippen molar-refractivity contribution in [2.24, 2.45) is 5.92 Å². The molecule has 0 aromatic rings. The lowest BCUT2D eigenvalue weighted by Crippen LogP contribution is -2.44. The molecule has 2 atom stereocenters. The van der Waals surface area contributed by atoms with Crippen molar-refractivity contribution >= 4 is 5.91 Å². The summed E-state index contributed by atoms with van der Waals surface area (Å²) in [5.74, 6) is 0.738. The van der Waals surface area contributed by atoms with Crippen LogP contribution >= 0.6 is 0 Å². The van der Waals surface area contributed by atoms with Crippen LogP contribution in [0.1, 0.15) is 46.5 Å². The number of nitrogens with one attached hydrogen (secondary N) is 2. The highest BCUT2D eigenvalue weighted by Gasteiger charge is 2.31. The molecule has 106 valence electrons. The molecule has 0 radical (unpaired) electrons. The summed E-state index contributed by atoms with van der Waals surface area (Å²) >= 11 is 0. The Morgan fingerprint density at radius 3 is 2.61 bits per heavy atom. The molecule has 4 nitrogen and oxygen atoms in total. The number of rotatable bonds is 8. The summed E-state index contributed by atoms with van der Waals surface area (Å²) in [5, 5.41) is 6.17. The second-order valence-corrected chi connectivity index (χ2v) is 5.49. The molecule has 0 saturated heterocycles. The number of hydrogen-bond donors (Lipinski definition) is 2. The van der Waals surface area contributed by atoms with Gasteiger partial charge in [-0.15, -0.1) is 0 Å². The number of carbonyl (C=O) groups is 1. The van der Waals surface area contributed by atoms with Crippen LogP contribution in [0.4, 0.5) is 0 Å². The van der Waals surface area contributed by atoms with Crippen LogP contribution in [0.2, 0.25) is 0 Å². The van der Waals surface area contributed by atoms with E-state index in [4.69, 9.17) is 4.74 Å². The molecule has 0 heterocycles. The van der Waals surface area contributed by atoms with E-state index in [2.05, 4.69) is 17.6 Å². The summed E-state index contributed by atoms with van der Waals surface area (Å²) < 4.78 is 5.76. The summed E-state index contributed by atoms with van der Waals surface area (Å²) in [6.45, 7) is 7.06. The van der Waals surface area contributed by atoms with E-state index in [0.717, 1.165) is 32.2 Å². The highest BCUT2D eigenvalue weighted by molar-refractivity contribution is 5.80. The Morgan fingerprint density at radius 1 is 1.39 bits per heavy atom. The van der Waals surface area contributed by atoms with Gasteiger partial charge >= 0.3 is 0 Å². The molecule has 1 aliphatic carbocycles. The van der Waals surface area contributed by atoms with Crippen LogP contribution in [-0.4, -0.2) is 37.7 Å². The number of carbonyl (C=O) groups excluding carboxylic acids is 1. The standard InChI is InChI=1S/C14H28N2O2/c1-5-6-10(2)16-14(17)11(3)18-13-7-12(8-13)9-15-4/h10-13,15H,5-9H2,1-4H3,(H,16,17). The third-order valence-corrected chi connectivity index (χ3v) is 3.56. The lowest BCUT2D eigenvalue weighted by molar-refractivity contribution is -0.141. The smallest absolute Gasteiger partial charge is 0.249 e. The minimum absolute atomic E-state index is 0.0213. The number of amides is 1. The SMILES string of the molecule is CCCC(C)NC(=O)C(C)OC1CC(CNC)C1. The van der Waals surface area contributed by atoms with E-state index < -0.39 is 0 Å². The molecule has 0 spiro atoms. The highest BCUT2D eigenvalue weighted by atomic mass is 16.5. The molecule has 0 aliphatic heterocycles. The number of ether oxygens (including phenoxy) is 1. The Labute approximate surface area is 111 Å². The maximum absolute atomic E-state index is 11.9. The average Bonchev–Trinajstić information content (AvgIpc) is 2.26. The zero-order chi connectivity index (χ0) is 13.5. The molecular formula is C14H28N2O2. The third kappa shape index (κ3) is 4.94. The lowest BCUT2D eigenvalue weighted by Gasteiger charge is -2.36. The van der Waals surface area contributed by atoms with Crippen molar-refractivity contribution in [3.05, 3.63) is 0 Å². The van der Waals surface area contributed by atoms with Gasteiger partial charge in [-0.05, 0) is 52.6 Å². The van der Waals surface area contributed by atoms with E-state index in [0.29, 0.717) is 5.92 Å². The minimum Gasteiger partial charge on any atom is -0.365 e. The van der Waals surface area contributed by atoms with Gasteiger partial charge in [-0.25, -0.2) is 0 Å². The van der Waals surface area contributed by atoms with E-state index in [-0.39, 0.29) is 24.2 Å². The van der Waals surface area contributed by atoms with E-state index in [1.807, 2.05) is 20.9 Å². The maximum atomic E-state index is 11.9. The highest BCUT2D eigenvalue weighted by Crippen LogP contribution is 2.30. The summed E-state index contributed by atoms with van der Waals surface area (Å²) in [6, 6.07) is 0.243.